The Hall–Kier alpha value is -1.04. The van der Waals surface area contributed by atoms with E-state index in [9.17, 15) is 0 Å². The minimum atomic E-state index is 1.14. The van der Waals surface area contributed by atoms with Gasteiger partial charge in [-0.25, -0.2) is 0 Å². The molecule has 0 nitrogen and oxygen atoms in total. The van der Waals surface area contributed by atoms with Crippen molar-refractivity contribution < 1.29 is 0 Å². The van der Waals surface area contributed by atoms with E-state index in [0.717, 1.165) is 19.3 Å². The van der Waals surface area contributed by atoms with Crippen LogP contribution in [-0.4, -0.2) is 0 Å². The predicted molar refractivity (Wildman–Crippen MR) is 71.0 cm³/mol. The summed E-state index contributed by atoms with van der Waals surface area (Å²) in [6.07, 6.45) is 23.2. The van der Waals surface area contributed by atoms with Gasteiger partial charge in [-0.1, -0.05) is 62.5 Å². The number of rotatable bonds is 5. The standard InChI is InChI=1S/C10H18.C5H6/c1-3-5-7-9-10-8-6-4-2;1-2-4-5-3-1/h5-8H,3-4,9-10H2,1-2H3;1-4H,5H2. The zero-order valence-electron chi connectivity index (χ0n) is 10.2. The molecule has 0 aromatic rings. The Kier molecular flexibility index (Phi) is 12.1. The van der Waals surface area contributed by atoms with Crippen molar-refractivity contribution in [2.75, 3.05) is 0 Å². The molecule has 1 aliphatic carbocycles. The fourth-order valence-corrected chi connectivity index (χ4v) is 1.15. The Morgan fingerprint density at radius 1 is 0.800 bits per heavy atom. The Bertz CT molecular complexity index is 192. The van der Waals surface area contributed by atoms with Crippen molar-refractivity contribution in [3.63, 3.8) is 0 Å². The van der Waals surface area contributed by atoms with Gasteiger partial charge in [-0.3, -0.25) is 0 Å². The fraction of sp³-hybridized carbons (Fsp3) is 0.467. The van der Waals surface area contributed by atoms with Gasteiger partial charge in [0.15, 0.2) is 0 Å². The van der Waals surface area contributed by atoms with Gasteiger partial charge in [0.05, 0.1) is 0 Å². The molecule has 0 heteroatoms. The normalized spacial score (nSPS) is 13.7. The van der Waals surface area contributed by atoms with Gasteiger partial charge in [0.25, 0.3) is 0 Å². The van der Waals surface area contributed by atoms with Crippen molar-refractivity contribution >= 4 is 0 Å². The highest BCUT2D eigenvalue weighted by Gasteiger charge is 1.74. The molecule has 0 unspecified atom stereocenters. The first-order chi connectivity index (χ1) is 7.41. The van der Waals surface area contributed by atoms with Crippen LogP contribution in [0.3, 0.4) is 0 Å². The summed E-state index contributed by atoms with van der Waals surface area (Å²) in [6.45, 7) is 4.33. The largest absolute Gasteiger partial charge is 0.0888 e. The lowest BCUT2D eigenvalue weighted by atomic mass is 10.2. The van der Waals surface area contributed by atoms with E-state index in [0.29, 0.717) is 0 Å². The summed E-state index contributed by atoms with van der Waals surface area (Å²) in [5.74, 6) is 0. The first kappa shape index (κ1) is 14.0. The maximum absolute atomic E-state index is 2.25. The molecule has 0 bridgehead atoms. The summed E-state index contributed by atoms with van der Waals surface area (Å²) in [6, 6.07) is 0. The molecular weight excluding hydrogens is 180 g/mol. The van der Waals surface area contributed by atoms with Gasteiger partial charge in [-0.2, -0.15) is 0 Å². The number of allylic oxidation sites excluding steroid dienone is 8. The zero-order chi connectivity index (χ0) is 11.2. The molecule has 0 aromatic heterocycles. The lowest BCUT2D eigenvalue weighted by Crippen LogP contribution is -1.64. The second-order valence-corrected chi connectivity index (χ2v) is 3.43. The van der Waals surface area contributed by atoms with Gasteiger partial charge >= 0.3 is 0 Å². The Morgan fingerprint density at radius 2 is 1.27 bits per heavy atom. The summed E-state index contributed by atoms with van der Waals surface area (Å²) in [7, 11) is 0. The molecule has 0 atom stereocenters. The molecule has 0 aromatic carbocycles. The Balaban J connectivity index is 0.000000322. The van der Waals surface area contributed by atoms with E-state index in [1.54, 1.807) is 0 Å². The number of hydrogen-bond donors (Lipinski definition) is 0. The first-order valence-corrected chi connectivity index (χ1v) is 6.03. The van der Waals surface area contributed by atoms with Crippen molar-refractivity contribution in [1.29, 1.82) is 0 Å². The summed E-state index contributed by atoms with van der Waals surface area (Å²) in [5, 5.41) is 0. The van der Waals surface area contributed by atoms with Crippen LogP contribution >= 0.6 is 0 Å². The van der Waals surface area contributed by atoms with E-state index >= 15 is 0 Å². The SMILES string of the molecule is C1=CCC=C1.CCC=CCCC=CCC. The molecule has 0 fully saturated rings. The molecule has 0 saturated heterocycles. The van der Waals surface area contributed by atoms with Crippen LogP contribution in [0.2, 0.25) is 0 Å². The van der Waals surface area contributed by atoms with Crippen LogP contribution in [0.15, 0.2) is 48.6 Å². The molecule has 84 valence electrons. The summed E-state index contributed by atoms with van der Waals surface area (Å²) < 4.78 is 0. The molecule has 0 aliphatic heterocycles. The van der Waals surface area contributed by atoms with Crippen molar-refractivity contribution in [3.05, 3.63) is 48.6 Å². The van der Waals surface area contributed by atoms with Crippen LogP contribution in [0.25, 0.3) is 0 Å². The van der Waals surface area contributed by atoms with Crippen molar-refractivity contribution in [1.82, 2.24) is 0 Å². The highest BCUT2D eigenvalue weighted by molar-refractivity contribution is 5.11. The number of hydrogen-bond acceptors (Lipinski definition) is 0. The highest BCUT2D eigenvalue weighted by atomic mass is 13.8. The van der Waals surface area contributed by atoms with E-state index < -0.39 is 0 Å². The van der Waals surface area contributed by atoms with Crippen molar-refractivity contribution in [2.45, 2.75) is 46.0 Å². The minimum Gasteiger partial charge on any atom is -0.0888 e. The van der Waals surface area contributed by atoms with Gasteiger partial charge in [0, 0.05) is 0 Å². The molecule has 0 saturated carbocycles. The van der Waals surface area contributed by atoms with Gasteiger partial charge in [0.2, 0.25) is 0 Å². The monoisotopic (exact) mass is 204 g/mol. The van der Waals surface area contributed by atoms with E-state index in [2.05, 4.69) is 62.5 Å². The maximum Gasteiger partial charge on any atom is -0.0163 e. The predicted octanol–water partition coefficient (Wildman–Crippen LogP) is 5.20. The van der Waals surface area contributed by atoms with Crippen LogP contribution in [0.1, 0.15) is 46.0 Å². The smallest absolute Gasteiger partial charge is 0.0163 e. The van der Waals surface area contributed by atoms with Gasteiger partial charge in [0.1, 0.15) is 0 Å². The zero-order valence-corrected chi connectivity index (χ0v) is 10.2. The van der Waals surface area contributed by atoms with Crippen LogP contribution in [-0.2, 0) is 0 Å². The van der Waals surface area contributed by atoms with Crippen LogP contribution < -0.4 is 0 Å². The third kappa shape index (κ3) is 13.0. The Labute approximate surface area is 95.1 Å². The summed E-state index contributed by atoms with van der Waals surface area (Å²) >= 11 is 0. The molecule has 1 aliphatic rings. The molecular formula is C15H24. The third-order valence-corrected chi connectivity index (χ3v) is 1.96. The average Bonchev–Trinajstić information content (AvgIpc) is 2.82. The first-order valence-electron chi connectivity index (χ1n) is 6.03. The van der Waals surface area contributed by atoms with Crippen LogP contribution in [0.4, 0.5) is 0 Å². The lowest BCUT2D eigenvalue weighted by Gasteiger charge is -1.84. The molecule has 0 amide bonds. The van der Waals surface area contributed by atoms with Gasteiger partial charge in [-0.05, 0) is 32.1 Å². The third-order valence-electron chi connectivity index (χ3n) is 1.96. The van der Waals surface area contributed by atoms with Gasteiger partial charge in [-0.15, -0.1) is 0 Å². The van der Waals surface area contributed by atoms with Gasteiger partial charge < -0.3 is 0 Å². The van der Waals surface area contributed by atoms with Crippen LogP contribution in [0, 0.1) is 0 Å². The molecule has 0 heterocycles. The highest BCUT2D eigenvalue weighted by Crippen LogP contribution is 1.94. The topological polar surface area (TPSA) is 0 Å². The molecule has 0 spiro atoms. The van der Waals surface area contributed by atoms with E-state index in [1.807, 2.05) is 0 Å². The van der Waals surface area contributed by atoms with E-state index in [-0.39, 0.29) is 0 Å². The molecule has 15 heavy (non-hydrogen) atoms. The maximum atomic E-state index is 2.25. The Morgan fingerprint density at radius 3 is 1.53 bits per heavy atom. The fourth-order valence-electron chi connectivity index (χ4n) is 1.15. The quantitative estimate of drug-likeness (QED) is 0.426. The average molecular weight is 204 g/mol. The van der Waals surface area contributed by atoms with E-state index in [4.69, 9.17) is 0 Å². The van der Waals surface area contributed by atoms with Crippen LogP contribution in [0.5, 0.6) is 0 Å². The molecule has 0 radical (unpaired) electrons. The second-order valence-electron chi connectivity index (χ2n) is 3.43. The minimum absolute atomic E-state index is 1.14. The molecule has 1 rings (SSSR count). The second kappa shape index (κ2) is 13.0. The molecule has 0 N–H and O–H groups in total. The van der Waals surface area contributed by atoms with Crippen molar-refractivity contribution in [2.24, 2.45) is 0 Å². The summed E-state index contributed by atoms with van der Waals surface area (Å²) in [5.41, 5.74) is 0. The van der Waals surface area contributed by atoms with Crippen molar-refractivity contribution in [3.8, 4) is 0 Å². The van der Waals surface area contributed by atoms with E-state index in [1.165, 1.54) is 12.8 Å². The lowest BCUT2D eigenvalue weighted by molar-refractivity contribution is 1.02. The number of unbranched alkanes of at least 4 members (excludes halogenated alkanes) is 1. The summed E-state index contributed by atoms with van der Waals surface area (Å²) in [4.78, 5) is 0.